The molecule has 1 heterocycles. The Morgan fingerprint density at radius 2 is 1.50 bits per heavy atom. The highest BCUT2D eigenvalue weighted by atomic mass is 19.1. The van der Waals surface area contributed by atoms with Crippen LogP contribution in [-0.2, 0) is 46.4 Å². The largest absolute Gasteiger partial charge is 0.462 e. The Balaban J connectivity index is 1.47. The molecule has 1 saturated heterocycles. The summed E-state index contributed by atoms with van der Waals surface area (Å²) in [6.07, 6.45) is 0.935. The minimum Gasteiger partial charge on any atom is -0.462 e. The molecule has 1 aliphatic rings. The van der Waals surface area contributed by atoms with Crippen LogP contribution in [0, 0.1) is 11.2 Å². The van der Waals surface area contributed by atoms with E-state index in [9.17, 15) is 33.2 Å². The number of rotatable bonds is 19. The average molecular weight is 802 g/mol. The fourth-order valence-electron chi connectivity index (χ4n) is 6.64. The normalized spacial score (nSPS) is 16.0. The van der Waals surface area contributed by atoms with Crippen molar-refractivity contribution in [3.05, 3.63) is 107 Å². The molecule has 0 radical (unpaired) electrons. The van der Waals surface area contributed by atoms with Gasteiger partial charge in [0.05, 0.1) is 23.6 Å². The van der Waals surface area contributed by atoms with E-state index in [1.54, 1.807) is 71.0 Å². The smallest absolute Gasteiger partial charge is 0.408 e. The van der Waals surface area contributed by atoms with Crippen molar-refractivity contribution in [2.45, 2.75) is 116 Å². The van der Waals surface area contributed by atoms with Gasteiger partial charge in [0.1, 0.15) is 30.1 Å². The van der Waals surface area contributed by atoms with Crippen LogP contribution < -0.4 is 10.6 Å². The van der Waals surface area contributed by atoms with Crippen molar-refractivity contribution >= 4 is 35.6 Å². The van der Waals surface area contributed by atoms with Crippen LogP contribution in [-0.4, -0.2) is 77.4 Å². The molecule has 58 heavy (non-hydrogen) atoms. The van der Waals surface area contributed by atoms with Gasteiger partial charge in [-0.05, 0) is 94.7 Å². The molecular formula is C45H56FN3O9. The lowest BCUT2D eigenvalue weighted by Gasteiger charge is -2.33. The third kappa shape index (κ3) is 13.8. The summed E-state index contributed by atoms with van der Waals surface area (Å²) in [7, 11) is 0. The van der Waals surface area contributed by atoms with E-state index in [4.69, 9.17) is 14.2 Å². The Labute approximate surface area is 340 Å². The Hall–Kier alpha value is -5.59. The van der Waals surface area contributed by atoms with Crippen molar-refractivity contribution in [3.63, 3.8) is 0 Å². The number of amides is 3. The quantitative estimate of drug-likeness (QED) is 0.0749. The van der Waals surface area contributed by atoms with E-state index in [1.807, 2.05) is 30.3 Å². The van der Waals surface area contributed by atoms with Gasteiger partial charge in [0.2, 0.25) is 11.8 Å². The van der Waals surface area contributed by atoms with E-state index in [0.717, 1.165) is 5.56 Å². The van der Waals surface area contributed by atoms with Gasteiger partial charge in [0.25, 0.3) is 0 Å². The lowest BCUT2D eigenvalue weighted by molar-refractivity contribution is -0.155. The molecule has 0 spiro atoms. The molecule has 312 valence electrons. The van der Waals surface area contributed by atoms with Crippen molar-refractivity contribution in [2.75, 3.05) is 13.2 Å². The summed E-state index contributed by atoms with van der Waals surface area (Å²) in [5.74, 6) is -3.10. The van der Waals surface area contributed by atoms with Crippen LogP contribution in [0.3, 0.4) is 0 Å². The van der Waals surface area contributed by atoms with Gasteiger partial charge in [-0.2, -0.15) is 0 Å². The Morgan fingerprint density at radius 1 is 0.828 bits per heavy atom. The monoisotopic (exact) mass is 801 g/mol. The summed E-state index contributed by atoms with van der Waals surface area (Å²) in [4.78, 5) is 82.5. The molecule has 4 rings (SSSR count). The number of nitrogens with zero attached hydrogens (tertiary/aromatic N) is 1. The predicted molar refractivity (Wildman–Crippen MR) is 215 cm³/mol. The number of esters is 2. The molecule has 0 saturated carbocycles. The number of halogens is 1. The molecule has 3 aromatic rings. The first-order chi connectivity index (χ1) is 27.6. The van der Waals surface area contributed by atoms with Gasteiger partial charge in [0.15, 0.2) is 5.78 Å². The number of Topliss-reactive ketones (excluding diaryl/α,β-unsaturated/α-hetero) is 1. The molecule has 1 aliphatic heterocycles. The van der Waals surface area contributed by atoms with E-state index in [0.29, 0.717) is 36.8 Å². The fourth-order valence-corrected chi connectivity index (χ4v) is 6.64. The summed E-state index contributed by atoms with van der Waals surface area (Å²) < 4.78 is 30.7. The van der Waals surface area contributed by atoms with Gasteiger partial charge in [-0.25, -0.2) is 18.8 Å². The molecular weight excluding hydrogens is 746 g/mol. The summed E-state index contributed by atoms with van der Waals surface area (Å²) in [5.41, 5.74) is -0.510. The Kier molecular flexibility index (Phi) is 16.5. The highest BCUT2D eigenvalue weighted by Crippen LogP contribution is 2.29. The predicted octanol–water partition coefficient (Wildman–Crippen LogP) is 6.88. The Bertz CT molecular complexity index is 1870. The van der Waals surface area contributed by atoms with Crippen LogP contribution in [0.15, 0.2) is 84.9 Å². The number of ketones is 1. The van der Waals surface area contributed by atoms with Crippen molar-refractivity contribution in [2.24, 2.45) is 5.41 Å². The summed E-state index contributed by atoms with van der Waals surface area (Å²) >= 11 is 0. The first kappa shape index (κ1) is 45.1. The minimum absolute atomic E-state index is 0.0377. The summed E-state index contributed by atoms with van der Waals surface area (Å²) in [6, 6.07) is 20.3. The molecule has 1 fully saturated rings. The van der Waals surface area contributed by atoms with Gasteiger partial charge < -0.3 is 29.7 Å². The summed E-state index contributed by atoms with van der Waals surface area (Å²) in [5, 5.41) is 5.52. The zero-order valence-corrected chi connectivity index (χ0v) is 34.1. The molecule has 12 nitrogen and oxygen atoms in total. The highest BCUT2D eigenvalue weighted by Gasteiger charge is 2.42. The Morgan fingerprint density at radius 3 is 2.16 bits per heavy atom. The second-order valence-corrected chi connectivity index (χ2v) is 15.9. The third-order valence-electron chi connectivity index (χ3n) is 10.1. The number of carbonyl (C=O) groups is 6. The van der Waals surface area contributed by atoms with Gasteiger partial charge in [-0.15, -0.1) is 0 Å². The maximum absolute atomic E-state index is 14.3. The molecule has 0 aromatic heterocycles. The number of carbonyl (C=O) groups excluding carboxylic acids is 6. The number of hydrogen-bond donors (Lipinski definition) is 2. The van der Waals surface area contributed by atoms with Crippen molar-refractivity contribution < 1.29 is 47.4 Å². The van der Waals surface area contributed by atoms with E-state index in [2.05, 4.69) is 10.6 Å². The van der Waals surface area contributed by atoms with Crippen LogP contribution in [0.2, 0.25) is 0 Å². The maximum Gasteiger partial charge on any atom is 0.408 e. The number of hydrogen-bond acceptors (Lipinski definition) is 9. The topological polar surface area (TPSA) is 157 Å². The number of alkyl carbamates (subject to hydrolysis) is 1. The van der Waals surface area contributed by atoms with E-state index < -0.39 is 70.6 Å². The van der Waals surface area contributed by atoms with Gasteiger partial charge in [-0.1, -0.05) is 74.5 Å². The van der Waals surface area contributed by atoms with Crippen LogP contribution in [0.25, 0.3) is 0 Å². The molecule has 3 aromatic carbocycles. The van der Waals surface area contributed by atoms with Gasteiger partial charge in [0, 0.05) is 19.4 Å². The highest BCUT2D eigenvalue weighted by molar-refractivity contribution is 5.96. The van der Waals surface area contributed by atoms with Crippen LogP contribution in [0.4, 0.5) is 9.18 Å². The third-order valence-corrected chi connectivity index (χ3v) is 10.1. The molecule has 13 heteroatoms. The summed E-state index contributed by atoms with van der Waals surface area (Å²) in [6.45, 7) is 8.83. The van der Waals surface area contributed by atoms with Gasteiger partial charge >= 0.3 is 18.0 Å². The number of benzene rings is 3. The standard InChI is InChI=1S/C45H56FN3O9/c1-6-45(5,29-38(50)35(48-43(55)58-44(2,3)4)23-13-14-26-56-40(52)33-20-11-8-12-21-33)42(54)47-36(28-32-19-15-22-34(46)27-32)39(51)49-25-16-24-37(49)41(53)57-30-31-17-9-7-10-18-31/h7-12,15,17-22,27,35-37H,6,13-14,16,23-26,28-30H2,1-5H3,(H,47,54)(H,48,55)/t35-,36-,37+,45+/m0/s1. The lowest BCUT2D eigenvalue weighted by atomic mass is 9.79. The number of ether oxygens (including phenoxy) is 3. The molecule has 2 N–H and O–H groups in total. The first-order valence-corrected chi connectivity index (χ1v) is 19.9. The zero-order chi connectivity index (χ0) is 42.3. The van der Waals surface area contributed by atoms with Crippen LogP contribution in [0.1, 0.15) is 101 Å². The number of nitrogens with one attached hydrogen (secondary N) is 2. The molecule has 4 atom stereocenters. The molecule has 0 aliphatic carbocycles. The zero-order valence-electron chi connectivity index (χ0n) is 34.1. The van der Waals surface area contributed by atoms with E-state index >= 15 is 0 Å². The SMILES string of the molecule is CC[C@](C)(CC(=O)[C@H](CCCCOC(=O)c1ccccc1)NC(=O)OC(C)(C)C)C(=O)N[C@@H](Cc1cccc(F)c1)C(=O)N1CCC[C@@H]1C(=O)OCc1ccccc1. The molecule has 3 amide bonds. The van der Waals surface area contributed by atoms with Crippen molar-refractivity contribution in [3.8, 4) is 0 Å². The van der Waals surface area contributed by atoms with Crippen molar-refractivity contribution in [1.29, 1.82) is 0 Å². The fraction of sp³-hybridized carbons (Fsp3) is 0.467. The lowest BCUT2D eigenvalue weighted by Crippen LogP contribution is -2.55. The van der Waals surface area contributed by atoms with E-state index in [-0.39, 0.29) is 45.4 Å². The second kappa shape index (κ2) is 21.2. The molecule has 0 unspecified atom stereocenters. The second-order valence-electron chi connectivity index (χ2n) is 15.9. The average Bonchev–Trinajstić information content (AvgIpc) is 3.69. The number of likely N-dealkylation sites (tertiary alicyclic amines) is 1. The van der Waals surface area contributed by atoms with Crippen LogP contribution >= 0.6 is 0 Å². The van der Waals surface area contributed by atoms with Crippen LogP contribution in [0.5, 0.6) is 0 Å². The van der Waals surface area contributed by atoms with Gasteiger partial charge in [-0.3, -0.25) is 14.4 Å². The number of unbranched alkanes of at least 4 members (excludes halogenated alkanes) is 1. The van der Waals surface area contributed by atoms with E-state index in [1.165, 1.54) is 23.1 Å². The maximum atomic E-state index is 14.3. The molecule has 0 bridgehead atoms. The minimum atomic E-state index is -1.34. The van der Waals surface area contributed by atoms with Crippen molar-refractivity contribution in [1.82, 2.24) is 15.5 Å². The first-order valence-electron chi connectivity index (χ1n) is 19.9.